The molecule has 2 aromatic rings. The number of hydrogen-bond donors (Lipinski definition) is 1. The summed E-state index contributed by atoms with van der Waals surface area (Å²) >= 11 is 0. The molecule has 3 heteroatoms. The number of nitriles is 1. The molecule has 0 aliphatic rings. The highest BCUT2D eigenvalue weighted by atomic mass is 15.1. The van der Waals surface area contributed by atoms with Crippen LogP contribution in [0.1, 0.15) is 22.3 Å². The van der Waals surface area contributed by atoms with E-state index >= 15 is 0 Å². The van der Waals surface area contributed by atoms with Crippen molar-refractivity contribution in [2.75, 3.05) is 17.7 Å². The summed E-state index contributed by atoms with van der Waals surface area (Å²) in [7, 11) is 1.99. The van der Waals surface area contributed by atoms with Gasteiger partial charge in [0, 0.05) is 13.6 Å². The first kappa shape index (κ1) is 14.0. The fraction of sp³-hybridized carbons (Fsp3) is 0.235. The van der Waals surface area contributed by atoms with E-state index < -0.39 is 0 Å². The second-order valence-corrected chi connectivity index (χ2v) is 5.16. The van der Waals surface area contributed by atoms with Crippen LogP contribution in [-0.2, 0) is 6.54 Å². The smallest absolute Gasteiger partial charge is 0.0992 e. The third kappa shape index (κ3) is 2.92. The van der Waals surface area contributed by atoms with Crippen molar-refractivity contribution in [1.29, 1.82) is 5.26 Å². The molecule has 0 aliphatic heterocycles. The van der Waals surface area contributed by atoms with E-state index in [1.807, 2.05) is 13.1 Å². The van der Waals surface area contributed by atoms with Gasteiger partial charge in [-0.25, -0.2) is 0 Å². The molecule has 0 atom stereocenters. The third-order valence-corrected chi connectivity index (χ3v) is 3.56. The van der Waals surface area contributed by atoms with Gasteiger partial charge in [-0.3, -0.25) is 0 Å². The molecule has 0 heterocycles. The highest BCUT2D eigenvalue weighted by Gasteiger charge is 2.08. The lowest BCUT2D eigenvalue weighted by molar-refractivity contribution is 0.921. The Morgan fingerprint density at radius 2 is 1.85 bits per heavy atom. The molecule has 0 amide bonds. The zero-order valence-corrected chi connectivity index (χ0v) is 12.1. The fourth-order valence-electron chi connectivity index (χ4n) is 2.20. The van der Waals surface area contributed by atoms with E-state index in [9.17, 15) is 0 Å². The molecule has 0 spiro atoms. The van der Waals surface area contributed by atoms with E-state index in [0.29, 0.717) is 11.3 Å². The quantitative estimate of drug-likeness (QED) is 0.865. The molecule has 3 nitrogen and oxygen atoms in total. The zero-order chi connectivity index (χ0) is 14.7. The van der Waals surface area contributed by atoms with Gasteiger partial charge in [-0.1, -0.05) is 18.2 Å². The average Bonchev–Trinajstić information content (AvgIpc) is 2.43. The van der Waals surface area contributed by atoms with Crippen LogP contribution in [0, 0.1) is 25.2 Å². The van der Waals surface area contributed by atoms with Crippen molar-refractivity contribution in [2.45, 2.75) is 20.4 Å². The monoisotopic (exact) mass is 265 g/mol. The molecule has 0 aromatic heterocycles. The minimum absolute atomic E-state index is 0.626. The normalized spacial score (nSPS) is 10.1. The molecule has 0 saturated heterocycles. The lowest BCUT2D eigenvalue weighted by Crippen LogP contribution is -2.18. The van der Waals surface area contributed by atoms with Gasteiger partial charge in [-0.2, -0.15) is 5.26 Å². The lowest BCUT2D eigenvalue weighted by Gasteiger charge is -2.22. The van der Waals surface area contributed by atoms with Crippen molar-refractivity contribution in [2.24, 2.45) is 0 Å². The topological polar surface area (TPSA) is 53.0 Å². The number of nitrogen functional groups attached to an aromatic ring is 1. The second kappa shape index (κ2) is 5.66. The van der Waals surface area contributed by atoms with Crippen LogP contribution < -0.4 is 10.6 Å². The van der Waals surface area contributed by atoms with Crippen LogP contribution in [0.25, 0.3) is 0 Å². The van der Waals surface area contributed by atoms with Gasteiger partial charge in [0.15, 0.2) is 0 Å². The van der Waals surface area contributed by atoms with Crippen LogP contribution in [0.4, 0.5) is 11.4 Å². The van der Waals surface area contributed by atoms with E-state index in [-0.39, 0.29) is 0 Å². The molecule has 0 saturated carbocycles. The van der Waals surface area contributed by atoms with E-state index in [2.05, 4.69) is 43.0 Å². The minimum atomic E-state index is 0.626. The van der Waals surface area contributed by atoms with Crippen LogP contribution >= 0.6 is 0 Å². The van der Waals surface area contributed by atoms with Crippen LogP contribution in [0.2, 0.25) is 0 Å². The number of nitrogens with two attached hydrogens (primary N) is 1. The van der Waals surface area contributed by atoms with E-state index in [1.54, 1.807) is 12.1 Å². The molecule has 102 valence electrons. The molecular formula is C17H19N3. The minimum Gasteiger partial charge on any atom is -0.397 e. The Bertz CT molecular complexity index is 668. The van der Waals surface area contributed by atoms with E-state index in [0.717, 1.165) is 12.2 Å². The average molecular weight is 265 g/mol. The molecular weight excluding hydrogens is 246 g/mol. The van der Waals surface area contributed by atoms with Gasteiger partial charge in [-0.15, -0.1) is 0 Å². The largest absolute Gasteiger partial charge is 0.397 e. The summed E-state index contributed by atoms with van der Waals surface area (Å²) in [6.07, 6.45) is 0. The Morgan fingerprint density at radius 3 is 2.50 bits per heavy atom. The maximum Gasteiger partial charge on any atom is 0.0992 e. The zero-order valence-electron chi connectivity index (χ0n) is 12.1. The number of aryl methyl sites for hydroxylation is 2. The van der Waals surface area contributed by atoms with Gasteiger partial charge in [0.05, 0.1) is 23.0 Å². The summed E-state index contributed by atoms with van der Waals surface area (Å²) in [6.45, 7) is 4.99. The summed E-state index contributed by atoms with van der Waals surface area (Å²) in [5.41, 5.74) is 12.0. The van der Waals surface area contributed by atoms with Gasteiger partial charge in [-0.05, 0) is 48.7 Å². The Labute approximate surface area is 120 Å². The number of hydrogen-bond acceptors (Lipinski definition) is 3. The van der Waals surface area contributed by atoms with Gasteiger partial charge in [0.25, 0.3) is 0 Å². The summed E-state index contributed by atoms with van der Waals surface area (Å²) in [4.78, 5) is 2.07. The lowest BCUT2D eigenvalue weighted by atomic mass is 10.1. The van der Waals surface area contributed by atoms with Gasteiger partial charge in [0.1, 0.15) is 0 Å². The Kier molecular flexibility index (Phi) is 3.95. The molecule has 2 N–H and O–H groups in total. The van der Waals surface area contributed by atoms with Crippen molar-refractivity contribution >= 4 is 11.4 Å². The van der Waals surface area contributed by atoms with Crippen LogP contribution in [0.5, 0.6) is 0 Å². The maximum atomic E-state index is 8.98. The molecule has 2 rings (SSSR count). The Hall–Kier alpha value is -2.47. The van der Waals surface area contributed by atoms with E-state index in [4.69, 9.17) is 11.0 Å². The highest BCUT2D eigenvalue weighted by Crippen LogP contribution is 2.25. The third-order valence-electron chi connectivity index (χ3n) is 3.56. The summed E-state index contributed by atoms with van der Waals surface area (Å²) in [5.74, 6) is 0. The maximum absolute atomic E-state index is 8.98. The summed E-state index contributed by atoms with van der Waals surface area (Å²) in [5, 5.41) is 8.98. The fourth-order valence-corrected chi connectivity index (χ4v) is 2.20. The molecule has 0 fully saturated rings. The van der Waals surface area contributed by atoms with Crippen LogP contribution in [0.3, 0.4) is 0 Å². The predicted molar refractivity (Wildman–Crippen MR) is 83.6 cm³/mol. The number of rotatable bonds is 3. The Balaban J connectivity index is 2.25. The number of nitrogens with zero attached hydrogens (tertiary/aromatic N) is 2. The van der Waals surface area contributed by atoms with Gasteiger partial charge < -0.3 is 10.6 Å². The van der Waals surface area contributed by atoms with Crippen LogP contribution in [0.15, 0.2) is 36.4 Å². The predicted octanol–water partition coefficient (Wildman–Crippen LogP) is 3.39. The summed E-state index contributed by atoms with van der Waals surface area (Å²) in [6, 6.07) is 14.0. The first-order valence-electron chi connectivity index (χ1n) is 6.58. The van der Waals surface area contributed by atoms with Crippen molar-refractivity contribution in [1.82, 2.24) is 0 Å². The van der Waals surface area contributed by atoms with E-state index in [1.165, 1.54) is 16.7 Å². The van der Waals surface area contributed by atoms with Gasteiger partial charge in [0.2, 0.25) is 0 Å². The standard InChI is InChI=1S/C17H19N3/c1-12-4-5-15(8-13(12)2)11-20(3)17-9-14(10-18)6-7-16(17)19/h4-9H,11,19H2,1-3H3. The summed E-state index contributed by atoms with van der Waals surface area (Å²) < 4.78 is 0. The SMILES string of the molecule is Cc1ccc(CN(C)c2cc(C#N)ccc2N)cc1C. The molecule has 0 radical (unpaired) electrons. The Morgan fingerprint density at radius 1 is 1.10 bits per heavy atom. The van der Waals surface area contributed by atoms with Crippen molar-refractivity contribution < 1.29 is 0 Å². The number of anilines is 2. The highest BCUT2D eigenvalue weighted by molar-refractivity contribution is 5.69. The van der Waals surface area contributed by atoms with Crippen molar-refractivity contribution in [3.8, 4) is 6.07 Å². The van der Waals surface area contributed by atoms with Gasteiger partial charge >= 0.3 is 0 Å². The van der Waals surface area contributed by atoms with Crippen LogP contribution in [-0.4, -0.2) is 7.05 Å². The number of benzene rings is 2. The van der Waals surface area contributed by atoms with Crippen molar-refractivity contribution in [3.63, 3.8) is 0 Å². The molecule has 0 unspecified atom stereocenters. The van der Waals surface area contributed by atoms with Crippen molar-refractivity contribution in [3.05, 3.63) is 58.7 Å². The molecule has 20 heavy (non-hydrogen) atoms. The molecule has 0 bridgehead atoms. The second-order valence-electron chi connectivity index (χ2n) is 5.16. The first-order valence-corrected chi connectivity index (χ1v) is 6.58. The first-order chi connectivity index (χ1) is 9.51. The molecule has 2 aromatic carbocycles. The molecule has 0 aliphatic carbocycles.